The van der Waals surface area contributed by atoms with E-state index in [-0.39, 0.29) is 18.1 Å². The first-order valence-electron chi connectivity index (χ1n) is 14.4. The number of carbonyl (C=O) groups is 1. The van der Waals surface area contributed by atoms with Crippen molar-refractivity contribution in [2.24, 2.45) is 0 Å². The van der Waals surface area contributed by atoms with Gasteiger partial charge in [0.05, 0.1) is 46.7 Å². The van der Waals surface area contributed by atoms with Crippen molar-refractivity contribution in [1.29, 1.82) is 5.26 Å². The first kappa shape index (κ1) is 26.4. The van der Waals surface area contributed by atoms with Gasteiger partial charge in [-0.15, -0.1) is 0 Å². The van der Waals surface area contributed by atoms with E-state index in [1.807, 2.05) is 17.0 Å². The number of ether oxygens (including phenoxy) is 2. The minimum absolute atomic E-state index is 0.0803. The van der Waals surface area contributed by atoms with Crippen molar-refractivity contribution in [3.63, 3.8) is 0 Å². The van der Waals surface area contributed by atoms with Crippen molar-refractivity contribution in [3.05, 3.63) is 52.2 Å². The molecule has 1 saturated carbocycles. The third kappa shape index (κ3) is 5.86. The fraction of sp³-hybridized carbons (Fsp3) is 0.567. The van der Waals surface area contributed by atoms with E-state index in [0.717, 1.165) is 94.6 Å². The molecule has 2 saturated heterocycles. The predicted molar refractivity (Wildman–Crippen MR) is 149 cm³/mol. The number of benzene rings is 1. The minimum Gasteiger partial charge on any atom is -0.490 e. The van der Waals surface area contributed by atoms with Gasteiger partial charge in [-0.3, -0.25) is 4.79 Å². The highest BCUT2D eigenvalue weighted by molar-refractivity contribution is 6.31. The molecule has 1 aromatic carbocycles. The Bertz CT molecular complexity index is 1230. The molecule has 0 atom stereocenters. The number of rotatable bonds is 6. The molecule has 3 fully saturated rings. The predicted octanol–water partition coefficient (Wildman–Crippen LogP) is 4.69. The zero-order chi connectivity index (χ0) is 26.8. The number of aromatic nitrogens is 1. The van der Waals surface area contributed by atoms with Crippen LogP contribution in [0.15, 0.2) is 30.3 Å². The fourth-order valence-electron chi connectivity index (χ4n) is 6.42. The van der Waals surface area contributed by atoms with Crippen LogP contribution in [0.4, 0.5) is 5.82 Å². The second kappa shape index (κ2) is 11.7. The van der Waals surface area contributed by atoms with Crippen LogP contribution in [0.5, 0.6) is 5.75 Å². The van der Waals surface area contributed by atoms with Crippen LogP contribution < -0.4 is 15.0 Å². The number of fused-ring (bicyclic) bond motifs is 1. The maximum Gasteiger partial charge on any atom is 0.256 e. The summed E-state index contributed by atoms with van der Waals surface area (Å²) < 4.78 is 12.5. The molecule has 6 rings (SSSR count). The average Bonchev–Trinajstić information content (AvgIpc) is 3.30. The molecule has 3 aliphatic heterocycles. The first-order chi connectivity index (χ1) is 19.1. The van der Waals surface area contributed by atoms with Crippen molar-refractivity contribution in [1.82, 2.24) is 15.2 Å². The summed E-state index contributed by atoms with van der Waals surface area (Å²) in [4.78, 5) is 22.6. The van der Waals surface area contributed by atoms with Gasteiger partial charge in [-0.2, -0.15) is 5.26 Å². The van der Waals surface area contributed by atoms with Gasteiger partial charge in [0, 0.05) is 25.2 Å². The van der Waals surface area contributed by atoms with E-state index in [9.17, 15) is 4.79 Å². The summed E-state index contributed by atoms with van der Waals surface area (Å²) >= 11 is 6.16. The number of carbonyl (C=O) groups excluding carboxylic acids is 1. The Labute approximate surface area is 235 Å². The number of hydrogen-bond acceptors (Lipinski definition) is 7. The third-order valence-corrected chi connectivity index (χ3v) is 8.97. The average molecular weight is 550 g/mol. The molecule has 9 heteroatoms. The van der Waals surface area contributed by atoms with Crippen molar-refractivity contribution >= 4 is 23.3 Å². The summed E-state index contributed by atoms with van der Waals surface area (Å²) in [7, 11) is 0. The normalized spacial score (nSPS) is 24.5. The lowest BCUT2D eigenvalue weighted by molar-refractivity contribution is -0.0364. The van der Waals surface area contributed by atoms with Crippen molar-refractivity contribution in [2.75, 3.05) is 31.1 Å². The summed E-state index contributed by atoms with van der Waals surface area (Å²) in [5, 5.41) is 12.9. The molecule has 1 N–H and O–H groups in total. The minimum atomic E-state index is 0.0803. The summed E-state index contributed by atoms with van der Waals surface area (Å²) in [5.41, 5.74) is 2.09. The van der Waals surface area contributed by atoms with Crippen LogP contribution in [0, 0.1) is 11.3 Å². The topological polar surface area (TPSA) is 90.7 Å². The molecule has 0 bridgehead atoms. The Balaban J connectivity index is 1.01. The van der Waals surface area contributed by atoms with Crippen LogP contribution in [0.2, 0.25) is 5.02 Å². The lowest BCUT2D eigenvalue weighted by Gasteiger charge is -2.35. The lowest BCUT2D eigenvalue weighted by atomic mass is 9.92. The Hall–Kier alpha value is -2.86. The number of nitrogens with one attached hydrogen (secondary N) is 1. The van der Waals surface area contributed by atoms with E-state index < -0.39 is 0 Å². The van der Waals surface area contributed by atoms with Gasteiger partial charge in [-0.25, -0.2) is 4.98 Å². The second-order valence-corrected chi connectivity index (χ2v) is 11.6. The molecule has 0 unspecified atom stereocenters. The molecule has 0 radical (unpaired) electrons. The lowest BCUT2D eigenvalue weighted by Crippen LogP contribution is -2.41. The molecule has 206 valence electrons. The number of pyridine rings is 1. The summed E-state index contributed by atoms with van der Waals surface area (Å²) in [6.07, 6.45) is 8.61. The van der Waals surface area contributed by atoms with Gasteiger partial charge in [0.1, 0.15) is 17.6 Å². The number of halogens is 1. The van der Waals surface area contributed by atoms with Crippen LogP contribution in [0.1, 0.15) is 73.0 Å². The van der Waals surface area contributed by atoms with E-state index >= 15 is 0 Å². The van der Waals surface area contributed by atoms with E-state index in [0.29, 0.717) is 35.1 Å². The van der Waals surface area contributed by atoms with Crippen LogP contribution in [0.3, 0.4) is 0 Å². The molecule has 1 aromatic heterocycles. The fourth-order valence-corrected chi connectivity index (χ4v) is 6.63. The van der Waals surface area contributed by atoms with Gasteiger partial charge >= 0.3 is 0 Å². The summed E-state index contributed by atoms with van der Waals surface area (Å²) in [5.74, 6) is 1.76. The number of nitriles is 1. The van der Waals surface area contributed by atoms with E-state index in [4.69, 9.17) is 31.3 Å². The monoisotopic (exact) mass is 549 g/mol. The van der Waals surface area contributed by atoms with Crippen LogP contribution in [-0.4, -0.2) is 66.3 Å². The van der Waals surface area contributed by atoms with Crippen molar-refractivity contribution in [2.45, 2.75) is 82.3 Å². The van der Waals surface area contributed by atoms with Gasteiger partial charge < -0.3 is 24.6 Å². The Kier molecular flexibility index (Phi) is 7.92. The maximum atomic E-state index is 13.3. The zero-order valence-corrected chi connectivity index (χ0v) is 23.0. The highest BCUT2D eigenvalue weighted by Crippen LogP contribution is 2.34. The molecular formula is C30H36ClN5O3. The Morgan fingerprint density at radius 1 is 0.949 bits per heavy atom. The molecule has 1 amide bonds. The Morgan fingerprint density at radius 3 is 2.41 bits per heavy atom. The van der Waals surface area contributed by atoms with Gasteiger partial charge in [0.2, 0.25) is 0 Å². The molecule has 0 spiro atoms. The number of hydrogen-bond donors (Lipinski definition) is 1. The summed E-state index contributed by atoms with van der Waals surface area (Å²) in [6.45, 7) is 4.57. The first-order valence-corrected chi connectivity index (χ1v) is 14.7. The van der Waals surface area contributed by atoms with E-state index in [1.54, 1.807) is 18.2 Å². The van der Waals surface area contributed by atoms with Crippen molar-refractivity contribution < 1.29 is 14.3 Å². The smallest absolute Gasteiger partial charge is 0.256 e. The van der Waals surface area contributed by atoms with Gasteiger partial charge in [0.15, 0.2) is 0 Å². The van der Waals surface area contributed by atoms with E-state index in [2.05, 4.69) is 16.3 Å². The molecule has 4 aliphatic rings. The maximum absolute atomic E-state index is 13.3. The highest BCUT2D eigenvalue weighted by Gasteiger charge is 2.36. The largest absolute Gasteiger partial charge is 0.490 e. The third-order valence-electron chi connectivity index (χ3n) is 8.66. The van der Waals surface area contributed by atoms with Gasteiger partial charge in [-0.05, 0) is 88.7 Å². The SMILES string of the molecule is N#Cc1ccc(OC2CCC(N3Cc4nc(N5CCC(OC6CCNCC6)CC5)ccc4C3=O)CC2)cc1Cl. The van der Waals surface area contributed by atoms with Crippen LogP contribution >= 0.6 is 11.6 Å². The van der Waals surface area contributed by atoms with E-state index in [1.165, 1.54) is 0 Å². The number of piperidine rings is 2. The van der Waals surface area contributed by atoms with Crippen LogP contribution in [0.25, 0.3) is 0 Å². The number of amides is 1. The number of nitrogens with zero attached hydrogens (tertiary/aromatic N) is 4. The number of anilines is 1. The van der Waals surface area contributed by atoms with Crippen molar-refractivity contribution in [3.8, 4) is 11.8 Å². The molecular weight excluding hydrogens is 514 g/mol. The zero-order valence-electron chi connectivity index (χ0n) is 22.3. The highest BCUT2D eigenvalue weighted by atomic mass is 35.5. The molecule has 39 heavy (non-hydrogen) atoms. The Morgan fingerprint density at radius 2 is 1.69 bits per heavy atom. The quantitative estimate of drug-likeness (QED) is 0.559. The summed E-state index contributed by atoms with van der Waals surface area (Å²) in [6, 6.07) is 11.5. The van der Waals surface area contributed by atoms with Gasteiger partial charge in [0.25, 0.3) is 5.91 Å². The second-order valence-electron chi connectivity index (χ2n) is 11.2. The molecule has 4 heterocycles. The molecule has 2 aromatic rings. The molecule has 1 aliphatic carbocycles. The standard InChI is InChI=1S/C30H36ClN5O3/c31-27-17-25(4-1-20(27)18-32)39-22-5-2-21(3-6-22)36-19-28-26(30(36)37)7-8-29(34-28)35-15-11-24(12-16-35)38-23-9-13-33-14-10-23/h1,4,7-8,17,21-24,33H,2-3,5-6,9-16,19H2. The van der Waals surface area contributed by atoms with Crippen LogP contribution in [-0.2, 0) is 11.3 Å². The van der Waals surface area contributed by atoms with Gasteiger partial charge in [-0.1, -0.05) is 11.6 Å². The molecule has 8 nitrogen and oxygen atoms in total.